The van der Waals surface area contributed by atoms with Crippen molar-refractivity contribution in [3.8, 4) is 0 Å². The van der Waals surface area contributed by atoms with Gasteiger partial charge >= 0.3 is 0 Å². The molecule has 0 spiro atoms. The van der Waals surface area contributed by atoms with Crippen molar-refractivity contribution < 1.29 is 0 Å². The highest BCUT2D eigenvalue weighted by atomic mass is 15.2. The SMILES string of the molecule is CCCNC1CCN(c2cccc(C)c2C)CC1C. The first-order chi connectivity index (χ1) is 9.13. The molecule has 2 nitrogen and oxygen atoms in total. The molecule has 2 unspecified atom stereocenters. The standard InChI is InChI=1S/C17H28N2/c1-5-10-18-16-9-11-19(12-14(16)3)17-8-6-7-13(2)15(17)4/h6-8,14,16,18H,5,9-12H2,1-4H3. The number of benzene rings is 1. The average molecular weight is 260 g/mol. The van der Waals surface area contributed by atoms with E-state index < -0.39 is 0 Å². The normalized spacial score (nSPS) is 23.7. The van der Waals surface area contributed by atoms with Gasteiger partial charge < -0.3 is 10.2 Å². The highest BCUT2D eigenvalue weighted by molar-refractivity contribution is 5.56. The lowest BCUT2D eigenvalue weighted by Crippen LogP contribution is -2.48. The van der Waals surface area contributed by atoms with Gasteiger partial charge in [0.25, 0.3) is 0 Å². The summed E-state index contributed by atoms with van der Waals surface area (Å²) in [5.41, 5.74) is 4.27. The Hall–Kier alpha value is -1.02. The third-order valence-corrected chi connectivity index (χ3v) is 4.48. The number of anilines is 1. The van der Waals surface area contributed by atoms with E-state index in [1.165, 1.54) is 42.7 Å². The number of hydrogen-bond acceptors (Lipinski definition) is 2. The largest absolute Gasteiger partial charge is 0.371 e. The molecule has 1 aromatic carbocycles. The Bertz CT molecular complexity index is 414. The third-order valence-electron chi connectivity index (χ3n) is 4.48. The van der Waals surface area contributed by atoms with Gasteiger partial charge in [-0.3, -0.25) is 0 Å². The van der Waals surface area contributed by atoms with Crippen molar-refractivity contribution in [2.24, 2.45) is 5.92 Å². The second kappa shape index (κ2) is 6.42. The average Bonchev–Trinajstić information content (AvgIpc) is 2.40. The van der Waals surface area contributed by atoms with E-state index in [4.69, 9.17) is 0 Å². The Labute approximate surface area is 118 Å². The summed E-state index contributed by atoms with van der Waals surface area (Å²) < 4.78 is 0. The van der Waals surface area contributed by atoms with Crippen LogP contribution in [0.1, 0.15) is 37.8 Å². The number of piperidine rings is 1. The molecule has 1 aliphatic rings. The van der Waals surface area contributed by atoms with Crippen LogP contribution in [0.4, 0.5) is 5.69 Å². The van der Waals surface area contributed by atoms with Crippen molar-refractivity contribution in [3.05, 3.63) is 29.3 Å². The van der Waals surface area contributed by atoms with Gasteiger partial charge in [-0.15, -0.1) is 0 Å². The molecule has 0 radical (unpaired) electrons. The van der Waals surface area contributed by atoms with Gasteiger partial charge in [-0.25, -0.2) is 0 Å². The second-order valence-corrected chi connectivity index (χ2v) is 5.99. The molecule has 2 rings (SSSR count). The molecule has 1 fully saturated rings. The lowest BCUT2D eigenvalue weighted by molar-refractivity contribution is 0.322. The fourth-order valence-corrected chi connectivity index (χ4v) is 3.08. The first-order valence-corrected chi connectivity index (χ1v) is 7.68. The molecule has 1 heterocycles. The van der Waals surface area contributed by atoms with Crippen LogP contribution in [-0.2, 0) is 0 Å². The quantitative estimate of drug-likeness (QED) is 0.891. The predicted molar refractivity (Wildman–Crippen MR) is 84.0 cm³/mol. The van der Waals surface area contributed by atoms with Crippen molar-refractivity contribution in [2.45, 2.75) is 46.6 Å². The van der Waals surface area contributed by atoms with E-state index in [0.717, 1.165) is 12.5 Å². The molecule has 0 aliphatic carbocycles. The van der Waals surface area contributed by atoms with Crippen LogP contribution in [0.2, 0.25) is 0 Å². The predicted octanol–water partition coefficient (Wildman–Crippen LogP) is 3.52. The van der Waals surface area contributed by atoms with Gasteiger partial charge in [0, 0.05) is 24.8 Å². The number of hydrogen-bond donors (Lipinski definition) is 1. The fraction of sp³-hybridized carbons (Fsp3) is 0.647. The van der Waals surface area contributed by atoms with E-state index in [0.29, 0.717) is 6.04 Å². The minimum absolute atomic E-state index is 0.696. The van der Waals surface area contributed by atoms with Gasteiger partial charge in [-0.05, 0) is 56.3 Å². The number of rotatable bonds is 4. The van der Waals surface area contributed by atoms with Crippen LogP contribution in [0.3, 0.4) is 0 Å². The highest BCUT2D eigenvalue weighted by Crippen LogP contribution is 2.27. The van der Waals surface area contributed by atoms with Gasteiger partial charge in [0.15, 0.2) is 0 Å². The molecule has 0 amide bonds. The fourth-order valence-electron chi connectivity index (χ4n) is 3.08. The van der Waals surface area contributed by atoms with Crippen molar-refractivity contribution in [2.75, 3.05) is 24.5 Å². The Morgan fingerprint density at radius 2 is 2.11 bits per heavy atom. The third kappa shape index (κ3) is 3.30. The molecular formula is C17H28N2. The first-order valence-electron chi connectivity index (χ1n) is 7.68. The van der Waals surface area contributed by atoms with Crippen LogP contribution in [-0.4, -0.2) is 25.7 Å². The van der Waals surface area contributed by atoms with E-state index in [1.807, 2.05) is 0 Å². The monoisotopic (exact) mass is 260 g/mol. The van der Waals surface area contributed by atoms with E-state index in [1.54, 1.807) is 0 Å². The molecule has 0 bridgehead atoms. The maximum Gasteiger partial charge on any atom is 0.0398 e. The Morgan fingerprint density at radius 3 is 2.79 bits per heavy atom. The molecule has 2 atom stereocenters. The van der Waals surface area contributed by atoms with Gasteiger partial charge in [0.1, 0.15) is 0 Å². The zero-order chi connectivity index (χ0) is 13.8. The van der Waals surface area contributed by atoms with Crippen LogP contribution in [0.15, 0.2) is 18.2 Å². The van der Waals surface area contributed by atoms with Crippen LogP contribution in [0, 0.1) is 19.8 Å². The maximum atomic E-state index is 3.69. The van der Waals surface area contributed by atoms with Crippen molar-refractivity contribution in [3.63, 3.8) is 0 Å². The Kier molecular flexibility index (Phi) is 4.87. The van der Waals surface area contributed by atoms with Crippen molar-refractivity contribution in [1.82, 2.24) is 5.32 Å². The van der Waals surface area contributed by atoms with E-state index in [-0.39, 0.29) is 0 Å². The molecule has 1 aromatic rings. The second-order valence-electron chi connectivity index (χ2n) is 5.99. The number of nitrogens with zero attached hydrogens (tertiary/aromatic N) is 1. The van der Waals surface area contributed by atoms with Gasteiger partial charge in [-0.1, -0.05) is 26.0 Å². The van der Waals surface area contributed by atoms with Crippen LogP contribution >= 0.6 is 0 Å². The molecular weight excluding hydrogens is 232 g/mol. The molecule has 19 heavy (non-hydrogen) atoms. The Balaban J connectivity index is 2.03. The topological polar surface area (TPSA) is 15.3 Å². The van der Waals surface area contributed by atoms with Gasteiger partial charge in [-0.2, -0.15) is 0 Å². The summed E-state index contributed by atoms with van der Waals surface area (Å²) in [5.74, 6) is 0.722. The number of nitrogens with one attached hydrogen (secondary N) is 1. The summed E-state index contributed by atoms with van der Waals surface area (Å²) in [6, 6.07) is 7.36. The van der Waals surface area contributed by atoms with Crippen LogP contribution in [0.25, 0.3) is 0 Å². The maximum absolute atomic E-state index is 3.69. The summed E-state index contributed by atoms with van der Waals surface area (Å²) >= 11 is 0. The van der Waals surface area contributed by atoms with E-state index >= 15 is 0 Å². The summed E-state index contributed by atoms with van der Waals surface area (Å²) in [4.78, 5) is 2.57. The van der Waals surface area contributed by atoms with Crippen molar-refractivity contribution >= 4 is 5.69 Å². The number of aryl methyl sites for hydroxylation is 1. The van der Waals surface area contributed by atoms with Crippen molar-refractivity contribution in [1.29, 1.82) is 0 Å². The van der Waals surface area contributed by atoms with Gasteiger partial charge in [0.05, 0.1) is 0 Å². The Morgan fingerprint density at radius 1 is 1.32 bits per heavy atom. The molecule has 1 N–H and O–H groups in total. The lowest BCUT2D eigenvalue weighted by atomic mass is 9.92. The highest BCUT2D eigenvalue weighted by Gasteiger charge is 2.26. The van der Waals surface area contributed by atoms with E-state index in [2.05, 4.69) is 56.1 Å². The van der Waals surface area contributed by atoms with Crippen LogP contribution in [0.5, 0.6) is 0 Å². The molecule has 2 heteroatoms. The summed E-state index contributed by atoms with van der Waals surface area (Å²) in [6.45, 7) is 12.6. The first kappa shape index (κ1) is 14.4. The van der Waals surface area contributed by atoms with Crippen LogP contribution < -0.4 is 10.2 Å². The molecule has 1 aliphatic heterocycles. The molecule has 106 valence electrons. The zero-order valence-electron chi connectivity index (χ0n) is 12.9. The minimum Gasteiger partial charge on any atom is -0.371 e. The summed E-state index contributed by atoms with van der Waals surface area (Å²) in [7, 11) is 0. The molecule has 1 saturated heterocycles. The van der Waals surface area contributed by atoms with Gasteiger partial charge in [0.2, 0.25) is 0 Å². The minimum atomic E-state index is 0.696. The summed E-state index contributed by atoms with van der Waals surface area (Å²) in [6.07, 6.45) is 2.48. The molecule has 0 saturated carbocycles. The summed E-state index contributed by atoms with van der Waals surface area (Å²) in [5, 5.41) is 3.69. The lowest BCUT2D eigenvalue weighted by Gasteiger charge is -2.39. The smallest absolute Gasteiger partial charge is 0.0398 e. The zero-order valence-corrected chi connectivity index (χ0v) is 12.9. The van der Waals surface area contributed by atoms with E-state index in [9.17, 15) is 0 Å². The molecule has 0 aromatic heterocycles.